The number of anilines is 2. The van der Waals surface area contributed by atoms with Crippen molar-refractivity contribution in [3.05, 3.63) is 84.0 Å². The quantitative estimate of drug-likeness (QED) is 0.154. The van der Waals surface area contributed by atoms with Crippen LogP contribution < -0.4 is 20.9 Å². The molecule has 1 aromatic carbocycles. The van der Waals surface area contributed by atoms with Gasteiger partial charge in [-0.2, -0.15) is 0 Å². The van der Waals surface area contributed by atoms with Gasteiger partial charge in [0.15, 0.2) is 0 Å². The molecule has 1 atom stereocenters. The second-order valence-corrected chi connectivity index (χ2v) is 17.4. The number of furan rings is 1. The van der Waals surface area contributed by atoms with Crippen molar-refractivity contribution < 1.29 is 28.3 Å². The minimum Gasteiger partial charge on any atom is -0.445 e. The first-order chi connectivity index (χ1) is 30.0. The van der Waals surface area contributed by atoms with Crippen LogP contribution in [-0.4, -0.2) is 136 Å². The molecule has 0 radical (unpaired) electrons. The average molecular weight is 869 g/mol. The van der Waals surface area contributed by atoms with Crippen molar-refractivity contribution in [2.75, 3.05) is 75.2 Å². The van der Waals surface area contributed by atoms with E-state index in [0.29, 0.717) is 81.6 Å². The van der Waals surface area contributed by atoms with Crippen LogP contribution in [0.3, 0.4) is 0 Å². The molecule has 62 heavy (non-hydrogen) atoms. The van der Waals surface area contributed by atoms with Crippen molar-refractivity contribution >= 4 is 58.0 Å². The molecular weight excluding hydrogens is 812 g/mol. The van der Waals surface area contributed by atoms with Gasteiger partial charge in [-0.1, -0.05) is 30.3 Å². The molecule has 4 fully saturated rings. The number of rotatable bonds is 14. The minimum atomic E-state index is -0.994. The predicted molar refractivity (Wildman–Crippen MR) is 236 cm³/mol. The Balaban J connectivity index is 0.749. The predicted octanol–water partition coefficient (Wildman–Crippen LogP) is 4.22. The zero-order valence-electron chi connectivity index (χ0n) is 35.2. The van der Waals surface area contributed by atoms with E-state index in [1.54, 1.807) is 17.3 Å². The largest absolute Gasteiger partial charge is 0.445 e. The van der Waals surface area contributed by atoms with E-state index in [-0.39, 0.29) is 48.4 Å². The summed E-state index contributed by atoms with van der Waals surface area (Å²) < 4.78 is 12.5. The number of aryl methyl sites for hydroxylation is 1. The van der Waals surface area contributed by atoms with Gasteiger partial charge in [-0.25, -0.2) is 9.97 Å². The molecule has 8 rings (SSSR count). The number of nitrogens with zero attached hydrogens (tertiary/aromatic N) is 7. The third-order valence-electron chi connectivity index (χ3n) is 13.0. The Hall–Kier alpha value is -5.29. The van der Waals surface area contributed by atoms with Crippen LogP contribution in [0.25, 0.3) is 11.0 Å². The first-order valence-electron chi connectivity index (χ1n) is 21.9. The Labute approximate surface area is 366 Å². The lowest BCUT2D eigenvalue weighted by Gasteiger charge is -2.40. The van der Waals surface area contributed by atoms with Crippen LogP contribution in [0.1, 0.15) is 68.7 Å². The molecule has 4 saturated heterocycles. The molecule has 16 nitrogen and oxygen atoms in total. The number of likely N-dealkylation sites (tertiary alicyclic amines) is 2. The van der Waals surface area contributed by atoms with Gasteiger partial charge in [0.25, 0.3) is 0 Å². The fraction of sp³-hybridized carbons (Fsp3) is 0.511. The summed E-state index contributed by atoms with van der Waals surface area (Å²) in [4.78, 5) is 73.1. The molecule has 4 aliphatic heterocycles. The number of piperazine rings is 1. The molecule has 0 spiro atoms. The molecule has 0 unspecified atom stereocenters. The number of carbonyl (C=O) groups is 4. The molecule has 4 aromatic rings. The minimum absolute atomic E-state index is 0.0184. The molecule has 3 aromatic heterocycles. The highest BCUT2D eigenvalue weighted by Crippen LogP contribution is 2.30. The Morgan fingerprint density at radius 3 is 2.39 bits per heavy atom. The summed E-state index contributed by atoms with van der Waals surface area (Å²) in [5, 5.41) is 4.93. The van der Waals surface area contributed by atoms with Gasteiger partial charge in [0.2, 0.25) is 29.5 Å². The molecule has 0 bridgehead atoms. The van der Waals surface area contributed by atoms with Crippen LogP contribution in [0.15, 0.2) is 72.1 Å². The maximum absolute atomic E-state index is 13.9. The molecule has 7 heterocycles. The highest BCUT2D eigenvalue weighted by atomic mass is 35.5. The van der Waals surface area contributed by atoms with Crippen molar-refractivity contribution in [2.24, 2.45) is 5.73 Å². The van der Waals surface area contributed by atoms with E-state index in [0.717, 1.165) is 74.2 Å². The number of H-pyrrole nitrogens is 1. The highest BCUT2D eigenvalue weighted by molar-refractivity contribution is 6.30. The molecule has 4 amide bonds. The fourth-order valence-electron chi connectivity index (χ4n) is 9.13. The summed E-state index contributed by atoms with van der Waals surface area (Å²) in [6.07, 6.45) is 10.9. The fourth-order valence-corrected chi connectivity index (χ4v) is 9.25. The van der Waals surface area contributed by atoms with E-state index >= 15 is 0 Å². The van der Waals surface area contributed by atoms with Crippen molar-refractivity contribution in [2.45, 2.75) is 81.6 Å². The van der Waals surface area contributed by atoms with Crippen molar-refractivity contribution in [1.82, 2.24) is 35.0 Å². The van der Waals surface area contributed by atoms with E-state index in [4.69, 9.17) is 26.5 Å². The van der Waals surface area contributed by atoms with Crippen molar-refractivity contribution in [1.29, 1.82) is 0 Å². The van der Waals surface area contributed by atoms with E-state index in [2.05, 4.69) is 36.6 Å². The Kier molecular flexibility index (Phi) is 13.6. The zero-order chi connectivity index (χ0) is 43.2. The van der Waals surface area contributed by atoms with Crippen molar-refractivity contribution in [3.63, 3.8) is 0 Å². The maximum Gasteiger partial charge on any atom is 0.248 e. The number of nitrogens with two attached hydrogens (primary N) is 1. The lowest BCUT2D eigenvalue weighted by molar-refractivity contribution is -0.135. The lowest BCUT2D eigenvalue weighted by atomic mass is 9.86. The van der Waals surface area contributed by atoms with Gasteiger partial charge in [0.1, 0.15) is 30.1 Å². The summed E-state index contributed by atoms with van der Waals surface area (Å²) in [5.41, 5.74) is 7.64. The summed E-state index contributed by atoms with van der Waals surface area (Å²) in [5.74, 6) is 1.40. The van der Waals surface area contributed by atoms with E-state index < -0.39 is 5.54 Å². The molecule has 0 aliphatic carbocycles. The third kappa shape index (κ3) is 10.1. The first kappa shape index (κ1) is 43.4. The SMILES string of the molecule is C=CC(=O)N1CCN(c2ccc(CCC(=O)N3CCC(OC4CCN(CC[C@H](NC(=O)C5(N)CCN(c6ncnc7[nH]ccc67)CC5)c5ccc(Cl)cc5)CC4)CC3)o2)C(=O)C1. The third-order valence-corrected chi connectivity index (χ3v) is 13.2. The van der Waals surface area contributed by atoms with Gasteiger partial charge in [-0.05, 0) is 80.9 Å². The highest BCUT2D eigenvalue weighted by Gasteiger charge is 2.39. The number of amides is 4. The number of halogens is 1. The van der Waals surface area contributed by atoms with Crippen LogP contribution in [0, 0.1) is 0 Å². The lowest BCUT2D eigenvalue weighted by Crippen LogP contribution is -2.60. The summed E-state index contributed by atoms with van der Waals surface area (Å²) in [6, 6.07) is 13.0. The van der Waals surface area contributed by atoms with Gasteiger partial charge in [-0.15, -0.1) is 0 Å². The second kappa shape index (κ2) is 19.4. The van der Waals surface area contributed by atoms with Gasteiger partial charge in [0.05, 0.1) is 29.2 Å². The maximum atomic E-state index is 13.9. The number of aromatic amines is 1. The number of ether oxygens (including phenoxy) is 1. The molecule has 17 heteroatoms. The van der Waals surface area contributed by atoms with Crippen molar-refractivity contribution in [3.8, 4) is 0 Å². The zero-order valence-corrected chi connectivity index (χ0v) is 35.9. The van der Waals surface area contributed by atoms with E-state index in [1.165, 1.54) is 11.0 Å². The van der Waals surface area contributed by atoms with E-state index in [1.807, 2.05) is 47.5 Å². The van der Waals surface area contributed by atoms with Crippen LogP contribution in [0.4, 0.5) is 11.7 Å². The normalized spacial score (nSPS) is 19.8. The van der Waals surface area contributed by atoms with E-state index in [9.17, 15) is 19.2 Å². The summed E-state index contributed by atoms with van der Waals surface area (Å²) in [7, 11) is 0. The first-order valence-corrected chi connectivity index (χ1v) is 22.3. The topological polar surface area (TPSA) is 186 Å². The number of fused-ring (bicyclic) bond motifs is 1. The number of hydrogen-bond acceptors (Lipinski definition) is 11. The Morgan fingerprint density at radius 1 is 0.952 bits per heavy atom. The summed E-state index contributed by atoms with van der Waals surface area (Å²) >= 11 is 6.25. The second-order valence-electron chi connectivity index (χ2n) is 17.0. The van der Waals surface area contributed by atoms with Crippen LogP contribution in [-0.2, 0) is 30.3 Å². The molecule has 330 valence electrons. The van der Waals surface area contributed by atoms with Crippen LogP contribution >= 0.6 is 11.6 Å². The molecular formula is C45H57ClN10O6. The number of aromatic nitrogens is 3. The number of piperidine rings is 3. The molecule has 0 saturated carbocycles. The van der Waals surface area contributed by atoms with Gasteiger partial charge >= 0.3 is 0 Å². The van der Waals surface area contributed by atoms with Gasteiger partial charge in [-0.3, -0.25) is 24.1 Å². The number of benzene rings is 1. The smallest absolute Gasteiger partial charge is 0.248 e. The Bertz CT molecular complexity index is 2200. The van der Waals surface area contributed by atoms with Gasteiger partial charge in [0, 0.05) is 89.0 Å². The monoisotopic (exact) mass is 868 g/mol. The number of nitrogens with one attached hydrogen (secondary N) is 2. The standard InChI is InChI=1S/C45H57ClN10O6/c1-2-38(57)55-27-28-56(40(59)29-55)41-10-8-33(62-41)7-9-39(58)53-23-14-35(15-24-53)61-34-12-20-52(21-13-34)22-16-37(31-3-5-32(46)6-4-31)51-44(60)45(47)17-25-54(26-18-45)43-36-11-19-48-42(36)49-30-50-43/h2-6,8,10-11,19,30,34-35,37H,1,7,9,12-18,20-29,47H2,(H,51,60)(H,48,49,50)/t37-/m0/s1. The number of hydrogen-bond donors (Lipinski definition) is 3. The summed E-state index contributed by atoms with van der Waals surface area (Å²) in [6.45, 7) is 9.40. The van der Waals surface area contributed by atoms with Crippen LogP contribution in [0.5, 0.6) is 0 Å². The average Bonchev–Trinajstić information content (AvgIpc) is 3.98. The number of carbonyl (C=O) groups excluding carboxylic acids is 4. The van der Waals surface area contributed by atoms with Crippen LogP contribution in [0.2, 0.25) is 5.02 Å². The Morgan fingerprint density at radius 2 is 1.68 bits per heavy atom. The molecule has 4 aliphatic rings. The van der Waals surface area contributed by atoms with Gasteiger partial charge < -0.3 is 44.8 Å². The molecule has 4 N–H and O–H groups in total.